The molecule has 1 fully saturated rings. The Morgan fingerprint density at radius 3 is 2.93 bits per heavy atom. The van der Waals surface area contributed by atoms with Gasteiger partial charge in [0, 0.05) is 24.2 Å². The summed E-state index contributed by atoms with van der Waals surface area (Å²) in [6.07, 6.45) is -0.107. The van der Waals surface area contributed by atoms with Crippen molar-refractivity contribution < 1.29 is 9.05 Å². The highest BCUT2D eigenvalue weighted by Gasteiger charge is 2.32. The molecule has 1 N–H and O–H groups in total. The number of halogens is 1. The van der Waals surface area contributed by atoms with Crippen molar-refractivity contribution in [1.82, 2.24) is 5.09 Å². The smallest absolute Gasteiger partial charge is 0.261 e. The van der Waals surface area contributed by atoms with Gasteiger partial charge in [-0.1, -0.05) is 29.8 Å². The van der Waals surface area contributed by atoms with Crippen LogP contribution in [0.2, 0.25) is 5.02 Å². The number of rotatable bonds is 2. The summed E-state index contributed by atoms with van der Waals surface area (Å²) in [5, 5.41) is 3.78. The Balaban J connectivity index is 2.22. The van der Waals surface area contributed by atoms with Gasteiger partial charge in [0.1, 0.15) is 6.10 Å². The highest BCUT2D eigenvalue weighted by Crippen LogP contribution is 2.53. The molecule has 0 radical (unpaired) electrons. The Kier molecular flexibility index (Phi) is 3.45. The summed E-state index contributed by atoms with van der Waals surface area (Å²) in [5.74, 6) is 0. The predicted octanol–water partition coefficient (Wildman–Crippen LogP) is 2.87. The van der Waals surface area contributed by atoms with Crippen LogP contribution in [0.25, 0.3) is 0 Å². The van der Waals surface area contributed by atoms with Crippen LogP contribution in [0.5, 0.6) is 0 Å². The molecule has 1 aliphatic heterocycles. The molecule has 0 spiro atoms. The summed E-state index contributed by atoms with van der Waals surface area (Å²) in [4.78, 5) is 0. The fourth-order valence-corrected chi connectivity index (χ4v) is 3.44. The lowest BCUT2D eigenvalue weighted by molar-refractivity contribution is 0.233. The number of nitrogens with one attached hydrogen (secondary N) is 1. The Hall–Kier alpha value is 0.0400. The molecule has 15 heavy (non-hydrogen) atoms. The summed E-state index contributed by atoms with van der Waals surface area (Å²) in [6.45, 7) is -1.62. The van der Waals surface area contributed by atoms with Gasteiger partial charge in [0.2, 0.25) is 0 Å². The maximum Gasteiger partial charge on any atom is 0.261 e. The first kappa shape index (κ1) is 11.5. The molecule has 2 unspecified atom stereocenters. The zero-order chi connectivity index (χ0) is 10.9. The third kappa shape index (κ3) is 2.41. The molecule has 0 aromatic heterocycles. The van der Waals surface area contributed by atoms with Gasteiger partial charge >= 0.3 is 0 Å². The maximum absolute atomic E-state index is 6.07. The van der Waals surface area contributed by atoms with Crippen molar-refractivity contribution >= 4 is 30.1 Å². The first-order valence-corrected chi connectivity index (χ1v) is 7.50. The Morgan fingerprint density at radius 2 is 2.33 bits per heavy atom. The van der Waals surface area contributed by atoms with Crippen molar-refractivity contribution in [1.29, 1.82) is 0 Å². The minimum Gasteiger partial charge on any atom is -0.321 e. The van der Waals surface area contributed by atoms with Crippen LogP contribution in [0.4, 0.5) is 0 Å². The zero-order valence-electron chi connectivity index (χ0n) is 8.14. The van der Waals surface area contributed by atoms with Gasteiger partial charge in [-0.05, 0) is 17.9 Å². The second-order valence-electron chi connectivity index (χ2n) is 3.16. The van der Waals surface area contributed by atoms with Gasteiger partial charge in [-0.15, -0.1) is 0 Å². The highest BCUT2D eigenvalue weighted by molar-refractivity contribution is 8.09. The van der Waals surface area contributed by atoms with E-state index >= 15 is 0 Å². The zero-order valence-corrected chi connectivity index (χ0v) is 10.6. The lowest BCUT2D eigenvalue weighted by Crippen LogP contribution is -2.07. The molecular weight excluding hydrogens is 253 g/mol. The van der Waals surface area contributed by atoms with Gasteiger partial charge in [-0.3, -0.25) is 0 Å². The summed E-state index contributed by atoms with van der Waals surface area (Å²) in [5.41, 5.74) is 0.954. The van der Waals surface area contributed by atoms with Gasteiger partial charge in [0.15, 0.2) is 0 Å². The SMILES string of the molecule is COP1(=S)NCC(c2ccccc2Cl)O1. The first-order valence-electron chi connectivity index (χ1n) is 4.48. The molecule has 0 bridgehead atoms. The van der Waals surface area contributed by atoms with E-state index in [0.29, 0.717) is 11.6 Å². The van der Waals surface area contributed by atoms with E-state index in [4.69, 9.17) is 32.5 Å². The largest absolute Gasteiger partial charge is 0.321 e. The minimum absolute atomic E-state index is 0.107. The highest BCUT2D eigenvalue weighted by atomic mass is 35.5. The van der Waals surface area contributed by atoms with Gasteiger partial charge < -0.3 is 9.05 Å². The van der Waals surface area contributed by atoms with Gasteiger partial charge in [-0.25, -0.2) is 5.09 Å². The van der Waals surface area contributed by atoms with E-state index in [1.54, 1.807) is 7.11 Å². The second-order valence-corrected chi connectivity index (χ2v) is 6.89. The van der Waals surface area contributed by atoms with Crippen molar-refractivity contribution in [3.05, 3.63) is 34.9 Å². The molecule has 3 nitrogen and oxygen atoms in total. The van der Waals surface area contributed by atoms with Crippen LogP contribution in [0, 0.1) is 0 Å². The maximum atomic E-state index is 6.07. The predicted molar refractivity (Wildman–Crippen MR) is 64.6 cm³/mol. The third-order valence-electron chi connectivity index (χ3n) is 2.23. The van der Waals surface area contributed by atoms with Crippen LogP contribution in [0.1, 0.15) is 11.7 Å². The monoisotopic (exact) mass is 263 g/mol. The number of hydrogen-bond acceptors (Lipinski definition) is 3. The molecule has 1 saturated heterocycles. The standard InChI is InChI=1S/C9H11ClNO2PS/c1-12-14(15)11-6-9(13-14)7-4-2-3-5-8(7)10/h2-5,9H,6H2,1H3,(H,11,15). The average Bonchev–Trinajstić information content (AvgIpc) is 2.63. The van der Waals surface area contributed by atoms with Crippen LogP contribution >= 0.6 is 18.2 Å². The summed E-state index contributed by atoms with van der Waals surface area (Å²) in [6, 6.07) is 7.60. The van der Waals surface area contributed by atoms with Crippen molar-refractivity contribution in [3.63, 3.8) is 0 Å². The molecule has 1 aromatic carbocycles. The third-order valence-corrected chi connectivity index (χ3v) is 5.25. The Morgan fingerprint density at radius 1 is 1.60 bits per heavy atom. The van der Waals surface area contributed by atoms with E-state index in [2.05, 4.69) is 5.09 Å². The van der Waals surface area contributed by atoms with Crippen molar-refractivity contribution in [2.45, 2.75) is 6.10 Å². The Bertz CT molecular complexity index is 415. The Labute approximate surface area is 99.0 Å². The minimum atomic E-state index is -2.27. The topological polar surface area (TPSA) is 30.5 Å². The lowest BCUT2D eigenvalue weighted by Gasteiger charge is -2.14. The molecule has 2 rings (SSSR count). The van der Waals surface area contributed by atoms with E-state index < -0.39 is 6.64 Å². The van der Waals surface area contributed by atoms with Crippen molar-refractivity contribution in [2.75, 3.05) is 13.7 Å². The fraction of sp³-hybridized carbons (Fsp3) is 0.333. The summed E-state index contributed by atoms with van der Waals surface area (Å²) < 4.78 is 10.8. The van der Waals surface area contributed by atoms with Crippen LogP contribution in [-0.2, 0) is 20.9 Å². The van der Waals surface area contributed by atoms with E-state index in [-0.39, 0.29) is 6.10 Å². The molecule has 0 aliphatic carbocycles. The molecule has 6 heteroatoms. The first-order chi connectivity index (χ1) is 7.14. The van der Waals surface area contributed by atoms with Gasteiger partial charge in [-0.2, -0.15) is 0 Å². The van der Waals surface area contributed by atoms with Gasteiger partial charge in [0.25, 0.3) is 6.64 Å². The quantitative estimate of drug-likeness (QED) is 0.831. The molecule has 1 heterocycles. The second kappa shape index (κ2) is 4.50. The van der Waals surface area contributed by atoms with E-state index in [0.717, 1.165) is 5.56 Å². The summed E-state index contributed by atoms with van der Waals surface area (Å²) >= 11 is 11.3. The fourth-order valence-electron chi connectivity index (χ4n) is 1.45. The number of hydrogen-bond donors (Lipinski definition) is 1. The molecule has 1 aromatic rings. The van der Waals surface area contributed by atoms with Crippen LogP contribution in [0.3, 0.4) is 0 Å². The normalized spacial score (nSPS) is 30.7. The lowest BCUT2D eigenvalue weighted by atomic mass is 10.1. The molecular formula is C9H11ClNO2PS. The molecule has 82 valence electrons. The van der Waals surface area contributed by atoms with Crippen molar-refractivity contribution in [2.24, 2.45) is 0 Å². The summed E-state index contributed by atoms with van der Waals surface area (Å²) in [7, 11) is 1.56. The average molecular weight is 264 g/mol. The molecule has 0 amide bonds. The molecule has 2 atom stereocenters. The number of benzene rings is 1. The van der Waals surface area contributed by atoms with Gasteiger partial charge in [0.05, 0.1) is 0 Å². The van der Waals surface area contributed by atoms with E-state index in [9.17, 15) is 0 Å². The van der Waals surface area contributed by atoms with E-state index in [1.807, 2.05) is 24.3 Å². The molecule has 0 saturated carbocycles. The van der Waals surface area contributed by atoms with Crippen molar-refractivity contribution in [3.8, 4) is 0 Å². The van der Waals surface area contributed by atoms with Crippen LogP contribution < -0.4 is 5.09 Å². The van der Waals surface area contributed by atoms with E-state index in [1.165, 1.54) is 0 Å². The van der Waals surface area contributed by atoms with Crippen LogP contribution in [-0.4, -0.2) is 13.7 Å². The van der Waals surface area contributed by atoms with Crippen LogP contribution in [0.15, 0.2) is 24.3 Å². The molecule has 1 aliphatic rings.